The molecule has 250 valence electrons. The first-order valence-electron chi connectivity index (χ1n) is 15.7. The number of hydrogen-bond donors (Lipinski definition) is 1. The maximum atomic E-state index is 13.8. The number of aromatic nitrogens is 2. The van der Waals surface area contributed by atoms with E-state index < -0.39 is 12.0 Å². The van der Waals surface area contributed by atoms with Crippen molar-refractivity contribution in [3.8, 4) is 11.5 Å². The van der Waals surface area contributed by atoms with E-state index in [0.29, 0.717) is 91.8 Å². The molecule has 3 amide bonds. The molecule has 5 rings (SSSR count). The summed E-state index contributed by atoms with van der Waals surface area (Å²) >= 11 is 1.10. The summed E-state index contributed by atoms with van der Waals surface area (Å²) in [7, 11) is 3.06. The minimum Gasteiger partial charge on any atom is -0.493 e. The molecule has 47 heavy (non-hydrogen) atoms. The van der Waals surface area contributed by atoms with Crippen LogP contribution in [0.25, 0.3) is 10.9 Å². The Morgan fingerprint density at radius 3 is 2.36 bits per heavy atom. The molecule has 2 aliphatic rings. The van der Waals surface area contributed by atoms with Crippen molar-refractivity contribution >= 4 is 57.5 Å². The van der Waals surface area contributed by atoms with Gasteiger partial charge in [-0.15, -0.1) is 0 Å². The van der Waals surface area contributed by atoms with Crippen LogP contribution in [0.15, 0.2) is 42.5 Å². The molecule has 0 radical (unpaired) electrons. The SMILES string of the molecule is CCOC(=O)N1CCN(c2nc(NC(=O)[C@@H]3CCCN3C(=O)C(C)CSC(=O)c3ccccc3)c3cc(OC)c(OC)cc3n2)CC1. The summed E-state index contributed by atoms with van der Waals surface area (Å²) in [6.07, 6.45) is 0.823. The van der Waals surface area contributed by atoms with Crippen molar-refractivity contribution in [1.82, 2.24) is 19.8 Å². The number of rotatable bonds is 10. The van der Waals surface area contributed by atoms with Crippen molar-refractivity contribution in [2.45, 2.75) is 32.7 Å². The predicted molar refractivity (Wildman–Crippen MR) is 179 cm³/mol. The van der Waals surface area contributed by atoms with Crippen LogP contribution in [0.2, 0.25) is 0 Å². The first-order valence-corrected chi connectivity index (χ1v) is 16.7. The molecular formula is C33H40N6O7S. The number of thioether (sulfide) groups is 1. The molecule has 1 aromatic heterocycles. The van der Waals surface area contributed by atoms with Gasteiger partial charge in [-0.25, -0.2) is 9.78 Å². The molecular weight excluding hydrogens is 624 g/mol. The van der Waals surface area contributed by atoms with E-state index in [1.54, 1.807) is 60.0 Å². The van der Waals surface area contributed by atoms with E-state index in [2.05, 4.69) is 5.32 Å². The number of carbonyl (C=O) groups excluding carboxylic acids is 4. The maximum absolute atomic E-state index is 13.8. The Bertz CT molecular complexity index is 1620. The third-order valence-corrected chi connectivity index (χ3v) is 9.42. The highest BCUT2D eigenvalue weighted by Crippen LogP contribution is 2.35. The van der Waals surface area contributed by atoms with Crippen LogP contribution in [0.4, 0.5) is 16.6 Å². The zero-order valence-electron chi connectivity index (χ0n) is 27.1. The van der Waals surface area contributed by atoms with Crippen LogP contribution >= 0.6 is 11.8 Å². The second-order valence-electron chi connectivity index (χ2n) is 11.3. The van der Waals surface area contributed by atoms with Crippen LogP contribution in [-0.4, -0.2) is 108 Å². The Kier molecular flexibility index (Phi) is 11.0. The highest BCUT2D eigenvalue weighted by atomic mass is 32.2. The normalized spacial score (nSPS) is 16.9. The summed E-state index contributed by atoms with van der Waals surface area (Å²) in [5.74, 6) is 0.902. The van der Waals surface area contributed by atoms with E-state index >= 15 is 0 Å². The Hall–Kier alpha value is -4.59. The van der Waals surface area contributed by atoms with Gasteiger partial charge in [0.2, 0.25) is 22.9 Å². The number of methoxy groups -OCH3 is 2. The quantitative estimate of drug-likeness (QED) is 0.335. The van der Waals surface area contributed by atoms with E-state index in [-0.39, 0.29) is 28.8 Å². The number of likely N-dealkylation sites (tertiary alicyclic amines) is 1. The van der Waals surface area contributed by atoms with Gasteiger partial charge < -0.3 is 34.2 Å². The molecule has 0 aliphatic carbocycles. The Labute approximate surface area is 277 Å². The molecule has 3 aromatic rings. The third-order valence-electron chi connectivity index (χ3n) is 8.25. The van der Waals surface area contributed by atoms with Crippen molar-refractivity contribution in [3.05, 3.63) is 48.0 Å². The fourth-order valence-corrected chi connectivity index (χ4v) is 6.55. The second kappa shape index (κ2) is 15.3. The second-order valence-corrected chi connectivity index (χ2v) is 12.3. The molecule has 0 saturated carbocycles. The molecule has 2 aliphatic heterocycles. The lowest BCUT2D eigenvalue weighted by Crippen LogP contribution is -2.49. The summed E-state index contributed by atoms with van der Waals surface area (Å²) in [5.41, 5.74) is 1.12. The number of benzene rings is 2. The first-order chi connectivity index (χ1) is 22.7. The molecule has 14 heteroatoms. The van der Waals surface area contributed by atoms with Gasteiger partial charge in [0.1, 0.15) is 11.9 Å². The molecule has 0 bridgehead atoms. The van der Waals surface area contributed by atoms with Crippen LogP contribution in [0.1, 0.15) is 37.0 Å². The van der Waals surface area contributed by atoms with E-state index in [0.717, 1.165) is 11.8 Å². The number of carbonyl (C=O) groups is 4. The Morgan fingerprint density at radius 1 is 0.979 bits per heavy atom. The summed E-state index contributed by atoms with van der Waals surface area (Å²) in [6, 6.07) is 11.7. The number of ether oxygens (including phenoxy) is 3. The molecule has 2 fully saturated rings. The van der Waals surface area contributed by atoms with Crippen LogP contribution in [-0.2, 0) is 14.3 Å². The van der Waals surface area contributed by atoms with Crippen LogP contribution in [0, 0.1) is 5.92 Å². The first kappa shape index (κ1) is 33.8. The predicted octanol–water partition coefficient (Wildman–Crippen LogP) is 4.06. The smallest absolute Gasteiger partial charge is 0.409 e. The molecule has 2 atom stereocenters. The summed E-state index contributed by atoms with van der Waals surface area (Å²) < 4.78 is 16.2. The molecule has 0 spiro atoms. The molecule has 3 heterocycles. The van der Waals surface area contributed by atoms with Gasteiger partial charge in [0, 0.05) is 61.4 Å². The van der Waals surface area contributed by atoms with Gasteiger partial charge in [0.05, 0.1) is 26.3 Å². The van der Waals surface area contributed by atoms with E-state index in [4.69, 9.17) is 24.2 Å². The lowest BCUT2D eigenvalue weighted by Gasteiger charge is -2.34. The number of nitrogens with zero attached hydrogens (tertiary/aromatic N) is 5. The van der Waals surface area contributed by atoms with Gasteiger partial charge >= 0.3 is 6.09 Å². The minimum atomic E-state index is -0.693. The standard InChI is InChI=1S/C33H40N6O7S/c1-5-46-33(43)38-16-14-37(15-17-38)32-34-24-19-27(45-4)26(44-3)18-23(24)28(36-32)35-29(40)25-12-9-13-39(25)30(41)21(2)20-47-31(42)22-10-7-6-8-11-22/h6-8,10-11,18-19,21,25H,5,9,12-17,20H2,1-4H3,(H,34,35,36,40)/t21?,25-/m0/s1. The lowest BCUT2D eigenvalue weighted by atomic mass is 10.1. The van der Waals surface area contributed by atoms with Crippen molar-refractivity contribution in [2.24, 2.45) is 5.92 Å². The van der Waals surface area contributed by atoms with Crippen LogP contribution in [0.5, 0.6) is 11.5 Å². The van der Waals surface area contributed by atoms with E-state index in [9.17, 15) is 19.2 Å². The number of amides is 3. The van der Waals surface area contributed by atoms with Crippen molar-refractivity contribution in [2.75, 3.05) is 69.5 Å². The summed E-state index contributed by atoms with van der Waals surface area (Å²) in [4.78, 5) is 66.9. The van der Waals surface area contributed by atoms with E-state index in [1.807, 2.05) is 11.0 Å². The zero-order valence-corrected chi connectivity index (χ0v) is 27.9. The average molecular weight is 665 g/mol. The fraction of sp³-hybridized carbons (Fsp3) is 0.455. The fourth-order valence-electron chi connectivity index (χ4n) is 5.70. The Morgan fingerprint density at radius 2 is 1.68 bits per heavy atom. The number of fused-ring (bicyclic) bond motifs is 1. The topological polar surface area (TPSA) is 144 Å². The third kappa shape index (κ3) is 7.70. The number of piperazine rings is 1. The van der Waals surface area contributed by atoms with Gasteiger partial charge in [-0.1, -0.05) is 49.0 Å². The number of nitrogens with one attached hydrogen (secondary N) is 1. The highest BCUT2D eigenvalue weighted by Gasteiger charge is 2.37. The Balaban J connectivity index is 1.34. The van der Waals surface area contributed by atoms with Gasteiger partial charge in [-0.3, -0.25) is 14.4 Å². The van der Waals surface area contributed by atoms with Gasteiger partial charge in [0.15, 0.2) is 11.5 Å². The monoisotopic (exact) mass is 664 g/mol. The molecule has 1 N–H and O–H groups in total. The summed E-state index contributed by atoms with van der Waals surface area (Å²) in [6.45, 7) is 6.11. The van der Waals surface area contributed by atoms with Crippen LogP contribution < -0.4 is 19.7 Å². The van der Waals surface area contributed by atoms with Gasteiger partial charge in [-0.2, -0.15) is 4.98 Å². The van der Waals surface area contributed by atoms with Gasteiger partial charge in [0.25, 0.3) is 0 Å². The molecule has 2 saturated heterocycles. The molecule has 13 nitrogen and oxygen atoms in total. The molecule has 1 unspecified atom stereocenters. The average Bonchev–Trinajstić information content (AvgIpc) is 3.60. The van der Waals surface area contributed by atoms with Crippen molar-refractivity contribution in [1.29, 1.82) is 0 Å². The lowest BCUT2D eigenvalue weighted by molar-refractivity contribution is -0.139. The van der Waals surface area contributed by atoms with Crippen molar-refractivity contribution in [3.63, 3.8) is 0 Å². The number of anilines is 2. The highest BCUT2D eigenvalue weighted by molar-refractivity contribution is 8.14. The molecule has 2 aromatic carbocycles. The van der Waals surface area contributed by atoms with Crippen LogP contribution in [0.3, 0.4) is 0 Å². The zero-order chi connectivity index (χ0) is 33.5. The largest absolute Gasteiger partial charge is 0.493 e. The maximum Gasteiger partial charge on any atom is 0.409 e. The van der Waals surface area contributed by atoms with Crippen molar-refractivity contribution < 1.29 is 33.4 Å². The van der Waals surface area contributed by atoms with Gasteiger partial charge in [-0.05, 0) is 25.8 Å². The minimum absolute atomic E-state index is 0.0956. The summed E-state index contributed by atoms with van der Waals surface area (Å²) in [5, 5.41) is 3.43. The van der Waals surface area contributed by atoms with E-state index in [1.165, 1.54) is 14.2 Å². The number of hydrogen-bond acceptors (Lipinski definition) is 11.